The van der Waals surface area contributed by atoms with E-state index in [0.717, 1.165) is 31.4 Å². The van der Waals surface area contributed by atoms with Crippen LogP contribution in [0.2, 0.25) is 0 Å². The lowest BCUT2D eigenvalue weighted by Gasteiger charge is -2.42. The maximum Gasteiger partial charge on any atom is 0.118 e. The van der Waals surface area contributed by atoms with Gasteiger partial charge < -0.3 is 9.84 Å². The molecule has 2 rings (SSSR count). The Morgan fingerprint density at radius 2 is 1.95 bits per heavy atom. The van der Waals surface area contributed by atoms with E-state index in [-0.39, 0.29) is 0 Å². The van der Waals surface area contributed by atoms with Crippen molar-refractivity contribution < 1.29 is 9.84 Å². The zero-order valence-electron chi connectivity index (χ0n) is 12.4. The van der Waals surface area contributed by atoms with E-state index in [1.807, 2.05) is 12.1 Å². The van der Waals surface area contributed by atoms with Crippen LogP contribution in [0.15, 0.2) is 24.3 Å². The van der Waals surface area contributed by atoms with E-state index < -0.39 is 5.60 Å². The molecular weight excluding hydrogens is 236 g/mol. The maximum absolute atomic E-state index is 10.8. The fourth-order valence-corrected chi connectivity index (χ4v) is 3.24. The molecule has 1 aromatic rings. The van der Waals surface area contributed by atoms with Gasteiger partial charge in [0.05, 0.1) is 12.7 Å². The Morgan fingerprint density at radius 3 is 2.58 bits per heavy atom. The highest BCUT2D eigenvalue weighted by molar-refractivity contribution is 5.27. The van der Waals surface area contributed by atoms with Crippen LogP contribution in [-0.4, -0.2) is 17.8 Å². The lowest BCUT2D eigenvalue weighted by atomic mass is 9.68. The smallest absolute Gasteiger partial charge is 0.118 e. The number of aryl methyl sites for hydroxylation is 1. The fraction of sp³-hybridized carbons (Fsp3) is 0.647. The number of hydrogen-bond acceptors (Lipinski definition) is 2. The van der Waals surface area contributed by atoms with Crippen molar-refractivity contribution in [1.29, 1.82) is 0 Å². The van der Waals surface area contributed by atoms with Gasteiger partial charge in [-0.1, -0.05) is 38.8 Å². The average molecular weight is 262 g/mol. The molecular formula is C17H26O2. The summed E-state index contributed by atoms with van der Waals surface area (Å²) in [7, 11) is 1.68. The molecule has 0 heterocycles. The van der Waals surface area contributed by atoms with Gasteiger partial charge in [-0.15, -0.1) is 0 Å². The van der Waals surface area contributed by atoms with E-state index >= 15 is 0 Å². The Labute approximate surface area is 116 Å². The standard InChI is InChI=1S/C17H26O2/c1-13-5-4-11-17(18,14(13)2)12-10-15-6-8-16(19-3)9-7-15/h6-9,13-14,18H,4-5,10-12H2,1-3H3. The Hall–Kier alpha value is -1.02. The third-order valence-electron chi connectivity index (χ3n) is 4.98. The molecule has 1 saturated carbocycles. The predicted octanol–water partition coefficient (Wildman–Crippen LogP) is 3.82. The van der Waals surface area contributed by atoms with E-state index in [9.17, 15) is 5.11 Å². The summed E-state index contributed by atoms with van der Waals surface area (Å²) in [4.78, 5) is 0. The first-order valence-electron chi connectivity index (χ1n) is 7.40. The maximum atomic E-state index is 10.8. The van der Waals surface area contributed by atoms with Gasteiger partial charge in [0.15, 0.2) is 0 Å². The van der Waals surface area contributed by atoms with Crippen LogP contribution >= 0.6 is 0 Å². The minimum Gasteiger partial charge on any atom is -0.497 e. The van der Waals surface area contributed by atoms with Gasteiger partial charge in [-0.05, 0) is 48.8 Å². The van der Waals surface area contributed by atoms with Crippen molar-refractivity contribution in [2.45, 2.75) is 51.6 Å². The number of benzene rings is 1. The molecule has 1 aliphatic carbocycles. The molecule has 3 atom stereocenters. The SMILES string of the molecule is COc1ccc(CCC2(O)CCCC(C)C2C)cc1. The van der Waals surface area contributed by atoms with Crippen molar-refractivity contribution in [3.63, 3.8) is 0 Å². The average Bonchev–Trinajstić information content (AvgIpc) is 2.43. The van der Waals surface area contributed by atoms with Crippen LogP contribution in [0.5, 0.6) is 5.75 Å². The number of ether oxygens (including phenoxy) is 1. The first-order valence-corrected chi connectivity index (χ1v) is 7.40. The highest BCUT2D eigenvalue weighted by Gasteiger charge is 2.39. The van der Waals surface area contributed by atoms with E-state index in [0.29, 0.717) is 11.8 Å². The molecule has 0 bridgehead atoms. The van der Waals surface area contributed by atoms with Gasteiger partial charge in [0.1, 0.15) is 5.75 Å². The van der Waals surface area contributed by atoms with E-state index in [4.69, 9.17) is 4.74 Å². The van der Waals surface area contributed by atoms with Crippen LogP contribution in [0.4, 0.5) is 0 Å². The van der Waals surface area contributed by atoms with Crippen molar-refractivity contribution in [3.8, 4) is 5.75 Å². The Bertz CT molecular complexity index is 398. The van der Waals surface area contributed by atoms with Crippen LogP contribution in [0.25, 0.3) is 0 Å². The van der Waals surface area contributed by atoms with E-state index in [2.05, 4.69) is 26.0 Å². The molecule has 19 heavy (non-hydrogen) atoms. The lowest BCUT2D eigenvalue weighted by Crippen LogP contribution is -2.43. The predicted molar refractivity (Wildman–Crippen MR) is 78.4 cm³/mol. The minimum atomic E-state index is -0.475. The number of aliphatic hydroxyl groups is 1. The largest absolute Gasteiger partial charge is 0.497 e. The second-order valence-corrected chi connectivity index (χ2v) is 6.11. The topological polar surface area (TPSA) is 29.5 Å². The summed E-state index contributed by atoms with van der Waals surface area (Å²) < 4.78 is 5.17. The molecule has 3 unspecified atom stereocenters. The van der Waals surface area contributed by atoms with Gasteiger partial charge in [0, 0.05) is 0 Å². The third kappa shape index (κ3) is 3.30. The molecule has 0 saturated heterocycles. The molecule has 1 aliphatic rings. The lowest BCUT2D eigenvalue weighted by molar-refractivity contribution is -0.0684. The van der Waals surface area contributed by atoms with E-state index in [1.54, 1.807) is 7.11 Å². The summed E-state index contributed by atoms with van der Waals surface area (Å²) in [5.41, 5.74) is 0.803. The number of rotatable bonds is 4. The summed E-state index contributed by atoms with van der Waals surface area (Å²) in [5, 5.41) is 10.8. The normalized spacial score (nSPS) is 31.2. The summed E-state index contributed by atoms with van der Waals surface area (Å²) in [6, 6.07) is 8.18. The fourth-order valence-electron chi connectivity index (χ4n) is 3.24. The first-order chi connectivity index (χ1) is 9.05. The summed E-state index contributed by atoms with van der Waals surface area (Å²) in [5.74, 6) is 1.93. The minimum absolute atomic E-state index is 0.402. The Kier molecular flexibility index (Phi) is 4.51. The second-order valence-electron chi connectivity index (χ2n) is 6.11. The van der Waals surface area contributed by atoms with Crippen LogP contribution in [0.3, 0.4) is 0 Å². The van der Waals surface area contributed by atoms with Crippen LogP contribution in [-0.2, 0) is 6.42 Å². The van der Waals surface area contributed by atoms with Gasteiger partial charge >= 0.3 is 0 Å². The highest BCUT2D eigenvalue weighted by Crippen LogP contribution is 2.40. The molecule has 2 heteroatoms. The molecule has 0 spiro atoms. The van der Waals surface area contributed by atoms with Gasteiger partial charge in [0.25, 0.3) is 0 Å². The summed E-state index contributed by atoms with van der Waals surface area (Å²) in [6.07, 6.45) is 5.17. The van der Waals surface area contributed by atoms with Crippen molar-refractivity contribution >= 4 is 0 Å². The molecule has 1 fully saturated rings. The van der Waals surface area contributed by atoms with Gasteiger partial charge in [-0.3, -0.25) is 0 Å². The van der Waals surface area contributed by atoms with Gasteiger partial charge in [-0.25, -0.2) is 0 Å². The van der Waals surface area contributed by atoms with Crippen molar-refractivity contribution in [1.82, 2.24) is 0 Å². The van der Waals surface area contributed by atoms with Crippen molar-refractivity contribution in [2.75, 3.05) is 7.11 Å². The van der Waals surface area contributed by atoms with Gasteiger partial charge in [0.2, 0.25) is 0 Å². The zero-order valence-corrected chi connectivity index (χ0v) is 12.4. The molecule has 1 N–H and O–H groups in total. The number of hydrogen-bond donors (Lipinski definition) is 1. The van der Waals surface area contributed by atoms with Crippen molar-refractivity contribution in [2.24, 2.45) is 11.8 Å². The summed E-state index contributed by atoms with van der Waals surface area (Å²) in [6.45, 7) is 4.47. The monoisotopic (exact) mass is 262 g/mol. The quantitative estimate of drug-likeness (QED) is 0.894. The Morgan fingerprint density at radius 1 is 1.26 bits per heavy atom. The highest BCUT2D eigenvalue weighted by atomic mass is 16.5. The van der Waals surface area contributed by atoms with E-state index in [1.165, 1.54) is 12.0 Å². The zero-order chi connectivity index (χ0) is 13.9. The molecule has 0 aliphatic heterocycles. The molecule has 1 aromatic carbocycles. The number of methoxy groups -OCH3 is 1. The van der Waals surface area contributed by atoms with Gasteiger partial charge in [-0.2, -0.15) is 0 Å². The van der Waals surface area contributed by atoms with Crippen LogP contribution in [0.1, 0.15) is 45.1 Å². The summed E-state index contributed by atoms with van der Waals surface area (Å²) >= 11 is 0. The molecule has 2 nitrogen and oxygen atoms in total. The second kappa shape index (κ2) is 5.96. The van der Waals surface area contributed by atoms with Crippen molar-refractivity contribution in [3.05, 3.63) is 29.8 Å². The Balaban J connectivity index is 1.96. The molecule has 106 valence electrons. The van der Waals surface area contributed by atoms with Crippen LogP contribution < -0.4 is 4.74 Å². The van der Waals surface area contributed by atoms with Crippen LogP contribution in [0, 0.1) is 11.8 Å². The third-order valence-corrected chi connectivity index (χ3v) is 4.98. The molecule has 0 radical (unpaired) electrons. The first kappa shape index (κ1) is 14.4. The molecule has 0 amide bonds. The molecule has 0 aromatic heterocycles.